The zero-order valence-electron chi connectivity index (χ0n) is 20.3. The van der Waals surface area contributed by atoms with E-state index in [1.54, 1.807) is 19.0 Å². The highest BCUT2D eigenvalue weighted by molar-refractivity contribution is 14.0. The topological polar surface area (TPSA) is 77.0 Å². The Balaban J connectivity index is 0.00000408. The molecule has 2 aromatic carbocycles. The molecular formula is C26H36IN5O2. The van der Waals surface area contributed by atoms with Crippen LogP contribution in [0.1, 0.15) is 41.3 Å². The average Bonchev–Trinajstić information content (AvgIpc) is 3.25. The Labute approximate surface area is 220 Å². The Hall–Kier alpha value is -2.62. The van der Waals surface area contributed by atoms with Gasteiger partial charge in [0.1, 0.15) is 0 Å². The minimum absolute atomic E-state index is 0. The molecule has 0 spiro atoms. The highest BCUT2D eigenvalue weighted by Gasteiger charge is 2.23. The molecule has 2 amide bonds. The summed E-state index contributed by atoms with van der Waals surface area (Å²) < 4.78 is 0. The van der Waals surface area contributed by atoms with Crippen LogP contribution in [0.3, 0.4) is 0 Å². The number of aliphatic imine (C=N–C) groups is 1. The van der Waals surface area contributed by atoms with Gasteiger partial charge in [0, 0.05) is 57.9 Å². The van der Waals surface area contributed by atoms with Crippen LogP contribution in [0.25, 0.3) is 0 Å². The van der Waals surface area contributed by atoms with Crippen LogP contribution in [-0.4, -0.2) is 62.9 Å². The van der Waals surface area contributed by atoms with Gasteiger partial charge in [-0.3, -0.25) is 14.6 Å². The van der Waals surface area contributed by atoms with E-state index in [2.05, 4.69) is 21.7 Å². The molecule has 0 bridgehead atoms. The third kappa shape index (κ3) is 7.72. The van der Waals surface area contributed by atoms with Gasteiger partial charge in [0.25, 0.3) is 5.91 Å². The van der Waals surface area contributed by atoms with Gasteiger partial charge in [-0.2, -0.15) is 0 Å². The smallest absolute Gasteiger partial charge is 0.253 e. The van der Waals surface area contributed by atoms with Gasteiger partial charge >= 0.3 is 0 Å². The maximum Gasteiger partial charge on any atom is 0.253 e. The van der Waals surface area contributed by atoms with Gasteiger partial charge in [-0.05, 0) is 55.5 Å². The van der Waals surface area contributed by atoms with Crippen molar-refractivity contribution in [2.45, 2.75) is 32.6 Å². The lowest BCUT2D eigenvalue weighted by Crippen LogP contribution is -2.38. The van der Waals surface area contributed by atoms with Crippen LogP contribution in [0.5, 0.6) is 0 Å². The summed E-state index contributed by atoms with van der Waals surface area (Å²) in [7, 11) is 3.51. The number of carbonyl (C=O) groups is 2. The lowest BCUT2D eigenvalue weighted by atomic mass is 10.1. The maximum atomic E-state index is 12.6. The van der Waals surface area contributed by atoms with Crippen molar-refractivity contribution < 1.29 is 9.59 Å². The largest absolute Gasteiger partial charge is 0.357 e. The molecule has 7 nitrogen and oxygen atoms in total. The van der Waals surface area contributed by atoms with Gasteiger partial charge in [-0.25, -0.2) is 0 Å². The Kier molecular flexibility index (Phi) is 11.3. The lowest BCUT2D eigenvalue weighted by molar-refractivity contribution is -0.118. The molecule has 0 saturated heterocycles. The Morgan fingerprint density at radius 1 is 1.09 bits per heavy atom. The number of nitrogens with zero attached hydrogens (tertiary/aromatic N) is 3. The molecule has 0 atom stereocenters. The van der Waals surface area contributed by atoms with Crippen LogP contribution in [0, 0.1) is 0 Å². The fraction of sp³-hybridized carbons (Fsp3) is 0.423. The number of carbonyl (C=O) groups excluding carboxylic acids is 2. The molecule has 1 aliphatic heterocycles. The molecule has 0 fully saturated rings. The molecule has 8 heteroatoms. The Bertz CT molecular complexity index is 993. The van der Waals surface area contributed by atoms with Crippen molar-refractivity contribution in [2.75, 3.05) is 45.2 Å². The standard InChI is InChI=1S/C26H35N5O2.HI/c1-4-27-26(29-17-14-20-9-7-11-22(19-20)25(33)30(2)3)28-16-8-13-24(32)31-18-15-21-10-5-6-12-23(21)31;/h5-7,9-12,19H,4,8,13-18H2,1-3H3,(H2,27,28,29);1H. The van der Waals surface area contributed by atoms with Crippen molar-refractivity contribution in [3.63, 3.8) is 0 Å². The quantitative estimate of drug-likeness (QED) is 0.207. The van der Waals surface area contributed by atoms with Crippen LogP contribution in [0.2, 0.25) is 0 Å². The molecule has 0 saturated carbocycles. The van der Waals surface area contributed by atoms with Crippen molar-refractivity contribution >= 4 is 47.4 Å². The minimum atomic E-state index is 0. The van der Waals surface area contributed by atoms with E-state index in [0.717, 1.165) is 43.1 Å². The normalized spacial score (nSPS) is 12.6. The van der Waals surface area contributed by atoms with Gasteiger partial charge in [0.2, 0.25) is 5.91 Å². The molecule has 0 aliphatic carbocycles. The number of hydrogen-bond donors (Lipinski definition) is 2. The van der Waals surface area contributed by atoms with E-state index in [-0.39, 0.29) is 35.8 Å². The summed E-state index contributed by atoms with van der Waals surface area (Å²) in [6, 6.07) is 15.9. The number of rotatable bonds is 9. The summed E-state index contributed by atoms with van der Waals surface area (Å²) in [5.74, 6) is 0.920. The number of amides is 2. The fourth-order valence-corrected chi connectivity index (χ4v) is 3.94. The molecule has 0 radical (unpaired) electrons. The molecule has 1 aliphatic rings. The van der Waals surface area contributed by atoms with Crippen LogP contribution >= 0.6 is 24.0 Å². The third-order valence-electron chi connectivity index (χ3n) is 5.64. The van der Waals surface area contributed by atoms with Crippen LogP contribution in [0.4, 0.5) is 5.69 Å². The summed E-state index contributed by atoms with van der Waals surface area (Å²) in [6.45, 7) is 4.86. The zero-order chi connectivity index (χ0) is 23.6. The van der Waals surface area contributed by atoms with E-state index < -0.39 is 0 Å². The van der Waals surface area contributed by atoms with Crippen LogP contribution in [-0.2, 0) is 17.6 Å². The van der Waals surface area contributed by atoms with Crippen molar-refractivity contribution in [1.29, 1.82) is 0 Å². The molecule has 184 valence electrons. The number of para-hydroxylation sites is 1. The summed E-state index contributed by atoms with van der Waals surface area (Å²) in [5, 5.41) is 6.60. The SMILES string of the molecule is CCNC(=NCCCC(=O)N1CCc2ccccc21)NCCc1cccc(C(=O)N(C)C)c1.I. The number of halogens is 1. The average molecular weight is 578 g/mol. The van der Waals surface area contributed by atoms with Gasteiger partial charge in [-0.15, -0.1) is 24.0 Å². The van der Waals surface area contributed by atoms with E-state index >= 15 is 0 Å². The van der Waals surface area contributed by atoms with E-state index in [9.17, 15) is 9.59 Å². The molecule has 1 heterocycles. The third-order valence-corrected chi connectivity index (χ3v) is 5.64. The number of benzene rings is 2. The number of guanidine groups is 1. The molecule has 3 rings (SSSR count). The minimum Gasteiger partial charge on any atom is -0.357 e. The second-order valence-corrected chi connectivity index (χ2v) is 8.37. The van der Waals surface area contributed by atoms with Crippen LogP contribution in [0.15, 0.2) is 53.5 Å². The summed E-state index contributed by atoms with van der Waals surface area (Å²) >= 11 is 0. The molecule has 34 heavy (non-hydrogen) atoms. The van der Waals surface area contributed by atoms with Crippen molar-refractivity contribution in [3.8, 4) is 0 Å². The molecule has 2 N–H and O–H groups in total. The van der Waals surface area contributed by atoms with Gasteiger partial charge in [-0.1, -0.05) is 30.3 Å². The highest BCUT2D eigenvalue weighted by atomic mass is 127. The lowest BCUT2D eigenvalue weighted by Gasteiger charge is -2.17. The first-order chi connectivity index (χ1) is 16.0. The Morgan fingerprint density at radius 3 is 2.65 bits per heavy atom. The van der Waals surface area contributed by atoms with Gasteiger partial charge < -0.3 is 20.4 Å². The number of anilines is 1. The summed E-state index contributed by atoms with van der Waals surface area (Å²) in [6.07, 6.45) is 2.92. The molecule has 0 aromatic heterocycles. The summed E-state index contributed by atoms with van der Waals surface area (Å²) in [5.41, 5.74) is 4.10. The number of hydrogen-bond acceptors (Lipinski definition) is 3. The fourth-order valence-electron chi connectivity index (χ4n) is 3.94. The zero-order valence-corrected chi connectivity index (χ0v) is 22.7. The molecule has 0 unspecified atom stereocenters. The molecule has 2 aromatic rings. The first-order valence-corrected chi connectivity index (χ1v) is 11.7. The summed E-state index contributed by atoms with van der Waals surface area (Å²) in [4.78, 5) is 32.9. The maximum absolute atomic E-state index is 12.6. The van der Waals surface area contributed by atoms with Gasteiger partial charge in [0.15, 0.2) is 5.96 Å². The van der Waals surface area contributed by atoms with Crippen LogP contribution < -0.4 is 15.5 Å². The monoisotopic (exact) mass is 577 g/mol. The first-order valence-electron chi connectivity index (χ1n) is 11.7. The van der Waals surface area contributed by atoms with E-state index in [1.165, 1.54) is 5.56 Å². The van der Waals surface area contributed by atoms with Crippen molar-refractivity contribution in [1.82, 2.24) is 15.5 Å². The van der Waals surface area contributed by atoms with Gasteiger partial charge in [0.05, 0.1) is 0 Å². The number of nitrogens with one attached hydrogen (secondary N) is 2. The predicted molar refractivity (Wildman–Crippen MR) is 149 cm³/mol. The highest BCUT2D eigenvalue weighted by Crippen LogP contribution is 2.28. The second-order valence-electron chi connectivity index (χ2n) is 8.37. The Morgan fingerprint density at radius 2 is 1.88 bits per heavy atom. The predicted octanol–water partition coefficient (Wildman–Crippen LogP) is 3.47. The van der Waals surface area contributed by atoms with E-state index in [1.807, 2.05) is 54.3 Å². The van der Waals surface area contributed by atoms with Crippen molar-refractivity contribution in [2.24, 2.45) is 4.99 Å². The second kappa shape index (κ2) is 13.9. The first kappa shape index (κ1) is 27.6. The van der Waals surface area contributed by atoms with E-state index in [4.69, 9.17) is 0 Å². The number of fused-ring (bicyclic) bond motifs is 1. The molecular weight excluding hydrogens is 541 g/mol. The van der Waals surface area contributed by atoms with Crippen molar-refractivity contribution in [3.05, 3.63) is 65.2 Å². The van der Waals surface area contributed by atoms with E-state index in [0.29, 0.717) is 31.5 Å².